The maximum Gasteiger partial charge on any atom is 0.227 e. The van der Waals surface area contributed by atoms with Gasteiger partial charge in [0.05, 0.1) is 12.0 Å². The molecule has 1 aromatic rings. The van der Waals surface area contributed by atoms with Gasteiger partial charge < -0.3 is 19.9 Å². The number of amides is 1. The minimum atomic E-state index is -0.526. The van der Waals surface area contributed by atoms with Gasteiger partial charge in [-0.2, -0.15) is 0 Å². The number of rotatable bonds is 2. The molecule has 2 heterocycles. The number of carbonyl (C=O) groups is 1. The van der Waals surface area contributed by atoms with E-state index in [4.69, 9.17) is 9.47 Å². The van der Waals surface area contributed by atoms with Gasteiger partial charge in [-0.05, 0) is 61.1 Å². The van der Waals surface area contributed by atoms with Crippen molar-refractivity contribution in [3.63, 3.8) is 0 Å². The quantitative estimate of drug-likeness (QED) is 0.655. The molecule has 8 atom stereocenters. The van der Waals surface area contributed by atoms with Crippen molar-refractivity contribution in [2.75, 3.05) is 6.54 Å². The molecule has 5 nitrogen and oxygen atoms in total. The third kappa shape index (κ3) is 3.04. The van der Waals surface area contributed by atoms with E-state index in [-0.39, 0.29) is 40.3 Å². The van der Waals surface area contributed by atoms with Crippen LogP contribution in [0.3, 0.4) is 0 Å². The Balaban J connectivity index is 1.46. The van der Waals surface area contributed by atoms with E-state index in [1.54, 1.807) is 0 Å². The van der Waals surface area contributed by atoms with Crippen LogP contribution in [-0.4, -0.2) is 35.4 Å². The summed E-state index contributed by atoms with van der Waals surface area (Å²) in [6.07, 6.45) is 5.17. The molecule has 0 aromatic heterocycles. The predicted molar refractivity (Wildman–Crippen MR) is 130 cm³/mol. The number of carbonyl (C=O) groups excluding carboxylic acids is 1. The van der Waals surface area contributed by atoms with E-state index < -0.39 is 6.10 Å². The second kappa shape index (κ2) is 7.49. The van der Waals surface area contributed by atoms with Gasteiger partial charge in [0.15, 0.2) is 0 Å². The maximum atomic E-state index is 12.5. The molecule has 1 amide bonds. The summed E-state index contributed by atoms with van der Waals surface area (Å²) < 4.78 is 14.0. The molecule has 2 saturated carbocycles. The number of para-hydroxylation sites is 1. The molecular weight excluding hydrogens is 426 g/mol. The topological polar surface area (TPSA) is 67.8 Å². The number of aliphatic hydroxyl groups is 1. The average molecular weight is 466 g/mol. The van der Waals surface area contributed by atoms with Gasteiger partial charge in [-0.25, -0.2) is 0 Å². The lowest BCUT2D eigenvalue weighted by Crippen LogP contribution is -2.70. The van der Waals surface area contributed by atoms with Crippen molar-refractivity contribution < 1.29 is 19.4 Å². The Labute approximate surface area is 203 Å². The van der Waals surface area contributed by atoms with Crippen molar-refractivity contribution in [1.29, 1.82) is 0 Å². The van der Waals surface area contributed by atoms with Crippen LogP contribution >= 0.6 is 0 Å². The Kier molecular flexibility index (Phi) is 4.95. The van der Waals surface area contributed by atoms with Crippen LogP contribution in [0.5, 0.6) is 5.75 Å². The van der Waals surface area contributed by atoms with E-state index in [1.807, 2.05) is 30.3 Å². The first-order valence-electron chi connectivity index (χ1n) is 13.2. The number of nitrogens with one attached hydrogen (secondary N) is 1. The molecule has 6 rings (SSSR count). The first-order chi connectivity index (χ1) is 16.1. The largest absolute Gasteiger partial charge is 0.490 e. The van der Waals surface area contributed by atoms with Crippen LogP contribution in [-0.2, 0) is 9.53 Å². The molecule has 8 unspecified atom stereocenters. The number of fused-ring (bicyclic) bond motifs is 2. The fraction of sp³-hybridized carbons (Fsp3) is 0.690. The van der Waals surface area contributed by atoms with Gasteiger partial charge in [-0.1, -0.05) is 45.9 Å². The fourth-order valence-corrected chi connectivity index (χ4v) is 8.64. The van der Waals surface area contributed by atoms with Crippen LogP contribution in [0.4, 0.5) is 0 Å². The SMILES string of the molecule is CC1CCC2C(C)(C)CC(Oc3ccccc3)CC23OC2=C4CNC(=O)C4CC(O)C2CC13C. The van der Waals surface area contributed by atoms with Crippen molar-refractivity contribution in [3.8, 4) is 5.75 Å². The molecule has 4 fully saturated rings. The molecule has 0 bridgehead atoms. The number of benzene rings is 1. The van der Waals surface area contributed by atoms with Crippen LogP contribution in [0.1, 0.15) is 66.2 Å². The monoisotopic (exact) mass is 465 g/mol. The third-order valence-electron chi connectivity index (χ3n) is 10.5. The predicted octanol–water partition coefficient (Wildman–Crippen LogP) is 4.85. The zero-order chi connectivity index (χ0) is 23.9. The molecule has 184 valence electrons. The first kappa shape index (κ1) is 22.5. The van der Waals surface area contributed by atoms with E-state index in [1.165, 1.54) is 6.42 Å². The molecular formula is C29H39NO4. The summed E-state index contributed by atoms with van der Waals surface area (Å²) in [6, 6.07) is 10.2. The average Bonchev–Trinajstić information content (AvgIpc) is 3.14. The highest BCUT2D eigenvalue weighted by Gasteiger charge is 2.69. The normalized spacial score (nSPS) is 44.7. The van der Waals surface area contributed by atoms with Crippen LogP contribution in [0.25, 0.3) is 0 Å². The molecule has 3 aliphatic carbocycles. The number of hydrogen-bond acceptors (Lipinski definition) is 4. The number of aliphatic hydroxyl groups excluding tert-OH is 1. The van der Waals surface area contributed by atoms with Crippen molar-refractivity contribution in [1.82, 2.24) is 5.32 Å². The highest BCUT2D eigenvalue weighted by molar-refractivity contribution is 5.85. The van der Waals surface area contributed by atoms with Crippen LogP contribution in [0.15, 0.2) is 41.7 Å². The van der Waals surface area contributed by atoms with E-state index >= 15 is 0 Å². The lowest BCUT2D eigenvalue weighted by atomic mass is 9.43. The summed E-state index contributed by atoms with van der Waals surface area (Å²) in [6.45, 7) is 10.1. The molecule has 2 saturated heterocycles. The summed E-state index contributed by atoms with van der Waals surface area (Å²) in [4.78, 5) is 12.5. The number of ether oxygens (including phenoxy) is 2. The summed E-state index contributed by atoms with van der Waals surface area (Å²) in [5.41, 5.74) is 0.730. The van der Waals surface area contributed by atoms with Gasteiger partial charge in [0.2, 0.25) is 5.91 Å². The minimum Gasteiger partial charge on any atom is -0.490 e. The molecule has 2 N–H and O–H groups in total. The lowest BCUT2D eigenvalue weighted by Gasteiger charge is -2.68. The van der Waals surface area contributed by atoms with Gasteiger partial charge in [0.1, 0.15) is 23.2 Å². The van der Waals surface area contributed by atoms with Gasteiger partial charge in [-0.3, -0.25) is 4.79 Å². The summed E-state index contributed by atoms with van der Waals surface area (Å²) in [7, 11) is 0. The Morgan fingerprint density at radius 1 is 1.09 bits per heavy atom. The molecule has 1 aromatic carbocycles. The first-order valence-corrected chi connectivity index (χ1v) is 13.2. The second-order valence-corrected chi connectivity index (χ2v) is 12.7. The second-order valence-electron chi connectivity index (χ2n) is 12.7. The molecule has 0 radical (unpaired) electrons. The smallest absolute Gasteiger partial charge is 0.227 e. The van der Waals surface area contributed by atoms with Gasteiger partial charge >= 0.3 is 0 Å². The fourth-order valence-electron chi connectivity index (χ4n) is 8.64. The lowest BCUT2D eigenvalue weighted by molar-refractivity contribution is -0.276. The van der Waals surface area contributed by atoms with Gasteiger partial charge in [0, 0.05) is 30.2 Å². The minimum absolute atomic E-state index is 0.0192. The van der Waals surface area contributed by atoms with Crippen LogP contribution in [0.2, 0.25) is 0 Å². The summed E-state index contributed by atoms with van der Waals surface area (Å²) >= 11 is 0. The highest BCUT2D eigenvalue weighted by Crippen LogP contribution is 2.69. The molecule has 5 heteroatoms. The Bertz CT molecular complexity index is 1020. The Morgan fingerprint density at radius 3 is 2.62 bits per heavy atom. The summed E-state index contributed by atoms with van der Waals surface area (Å²) in [5, 5.41) is 14.2. The van der Waals surface area contributed by atoms with E-state index in [2.05, 4.69) is 33.0 Å². The van der Waals surface area contributed by atoms with Gasteiger partial charge in [0.25, 0.3) is 0 Å². The van der Waals surface area contributed by atoms with E-state index in [0.29, 0.717) is 24.8 Å². The van der Waals surface area contributed by atoms with Crippen molar-refractivity contribution in [2.45, 2.75) is 84.0 Å². The van der Waals surface area contributed by atoms with Gasteiger partial charge in [-0.15, -0.1) is 0 Å². The number of hydrogen-bond donors (Lipinski definition) is 2. The van der Waals surface area contributed by atoms with Crippen LogP contribution < -0.4 is 10.1 Å². The Hall–Kier alpha value is -2.01. The van der Waals surface area contributed by atoms with Crippen LogP contribution in [0, 0.1) is 34.5 Å². The zero-order valence-electron chi connectivity index (χ0n) is 21.0. The zero-order valence-corrected chi connectivity index (χ0v) is 21.0. The van der Waals surface area contributed by atoms with Crippen molar-refractivity contribution in [3.05, 3.63) is 41.7 Å². The molecule has 2 aliphatic heterocycles. The van der Waals surface area contributed by atoms with Crippen molar-refractivity contribution >= 4 is 5.91 Å². The molecule has 34 heavy (non-hydrogen) atoms. The van der Waals surface area contributed by atoms with E-state index in [9.17, 15) is 9.90 Å². The van der Waals surface area contributed by atoms with E-state index in [0.717, 1.165) is 42.8 Å². The standard InChI is InChI=1S/C29H39NO4/c1-17-10-11-24-27(2,3)13-19(33-18-8-6-5-7-9-18)14-29(24)28(17,4)15-21-23(31)12-20-22(25(21)34-29)16-30-26(20)32/h5-9,17,19-21,23-24,31H,10-16H2,1-4H3,(H,30,32). The molecule has 5 aliphatic rings. The maximum absolute atomic E-state index is 12.5. The summed E-state index contributed by atoms with van der Waals surface area (Å²) in [5.74, 6) is 2.53. The Morgan fingerprint density at radius 2 is 1.85 bits per heavy atom. The molecule has 1 spiro atoms. The van der Waals surface area contributed by atoms with Crippen molar-refractivity contribution in [2.24, 2.45) is 34.5 Å². The highest BCUT2D eigenvalue weighted by atomic mass is 16.5. The third-order valence-corrected chi connectivity index (χ3v) is 10.5.